The molecule has 0 aliphatic carbocycles. The van der Waals surface area contributed by atoms with Crippen LogP contribution < -0.4 is 10.5 Å². The van der Waals surface area contributed by atoms with Crippen LogP contribution in [0.15, 0.2) is 40.0 Å². The van der Waals surface area contributed by atoms with Gasteiger partial charge in [-0.2, -0.15) is 5.10 Å². The van der Waals surface area contributed by atoms with Crippen molar-refractivity contribution in [3.63, 3.8) is 0 Å². The molecule has 0 radical (unpaired) electrons. The molecule has 8 heteroatoms. The number of aryl methyl sites for hydroxylation is 1. The number of hydrogen-bond donors (Lipinski definition) is 2. The summed E-state index contributed by atoms with van der Waals surface area (Å²) in [6, 6.07) is 4.67. The van der Waals surface area contributed by atoms with Crippen molar-refractivity contribution in [3.05, 3.63) is 40.6 Å². The van der Waals surface area contributed by atoms with Gasteiger partial charge in [-0.15, -0.1) is 0 Å². The normalized spacial score (nSPS) is 13.2. The molecule has 0 spiro atoms. The summed E-state index contributed by atoms with van der Waals surface area (Å²) < 4.78 is 24.9. The van der Waals surface area contributed by atoms with Crippen LogP contribution in [-0.4, -0.2) is 18.2 Å². The summed E-state index contributed by atoms with van der Waals surface area (Å²) in [5, 5.41) is 12.5. The lowest BCUT2D eigenvalue weighted by Gasteiger charge is -2.15. The van der Waals surface area contributed by atoms with Crippen LogP contribution in [-0.2, 0) is 17.1 Å². The second-order valence-electron chi connectivity index (χ2n) is 4.50. The Morgan fingerprint density at radius 1 is 1.45 bits per heavy atom. The minimum absolute atomic E-state index is 0.0420. The number of aromatic nitrogens is 2. The van der Waals surface area contributed by atoms with Gasteiger partial charge in [0, 0.05) is 29.0 Å². The molecule has 1 aromatic carbocycles. The molecule has 1 unspecified atom stereocenters. The summed E-state index contributed by atoms with van der Waals surface area (Å²) in [5.74, 6) is 0. The highest BCUT2D eigenvalue weighted by Gasteiger charge is 2.13. The number of sulfonamides is 1. The molecule has 0 aliphatic heterocycles. The number of primary sulfonamides is 1. The third-order valence-electron chi connectivity index (χ3n) is 2.87. The van der Waals surface area contributed by atoms with Crippen molar-refractivity contribution in [1.29, 1.82) is 0 Å². The van der Waals surface area contributed by atoms with E-state index in [-0.39, 0.29) is 10.9 Å². The van der Waals surface area contributed by atoms with Crippen LogP contribution >= 0.6 is 15.9 Å². The molecule has 0 amide bonds. The number of hydrogen-bond acceptors (Lipinski definition) is 4. The van der Waals surface area contributed by atoms with Gasteiger partial charge in [0.1, 0.15) is 0 Å². The second kappa shape index (κ2) is 5.55. The number of halogens is 1. The van der Waals surface area contributed by atoms with Gasteiger partial charge in [0.25, 0.3) is 0 Å². The zero-order valence-electron chi connectivity index (χ0n) is 11.0. The predicted octanol–water partition coefficient (Wildman–Crippen LogP) is 2.00. The third-order valence-corrected chi connectivity index (χ3v) is 4.43. The minimum Gasteiger partial charge on any atom is -0.377 e. The van der Waals surface area contributed by atoms with E-state index in [4.69, 9.17) is 5.14 Å². The smallest absolute Gasteiger partial charge is 0.238 e. The van der Waals surface area contributed by atoms with E-state index >= 15 is 0 Å². The lowest BCUT2D eigenvalue weighted by atomic mass is 10.2. The summed E-state index contributed by atoms with van der Waals surface area (Å²) in [6.45, 7) is 2.00. The summed E-state index contributed by atoms with van der Waals surface area (Å²) >= 11 is 3.34. The van der Waals surface area contributed by atoms with Crippen LogP contribution in [0.3, 0.4) is 0 Å². The van der Waals surface area contributed by atoms with Crippen molar-refractivity contribution in [2.45, 2.75) is 17.9 Å². The van der Waals surface area contributed by atoms with Gasteiger partial charge in [-0.25, -0.2) is 13.6 Å². The molecule has 3 N–H and O–H groups in total. The van der Waals surface area contributed by atoms with Crippen LogP contribution in [0.25, 0.3) is 0 Å². The summed E-state index contributed by atoms with van der Waals surface area (Å²) in [5.41, 5.74) is 1.82. The first-order chi connectivity index (χ1) is 9.27. The highest BCUT2D eigenvalue weighted by Crippen LogP contribution is 2.28. The van der Waals surface area contributed by atoms with E-state index in [0.717, 1.165) is 11.3 Å². The number of benzene rings is 1. The van der Waals surface area contributed by atoms with E-state index in [0.29, 0.717) is 4.47 Å². The Kier molecular flexibility index (Phi) is 4.17. The lowest BCUT2D eigenvalue weighted by Crippen LogP contribution is -2.12. The van der Waals surface area contributed by atoms with Crippen LogP contribution in [0.4, 0.5) is 5.69 Å². The van der Waals surface area contributed by atoms with Crippen molar-refractivity contribution >= 4 is 31.6 Å². The van der Waals surface area contributed by atoms with Gasteiger partial charge in [0.2, 0.25) is 10.0 Å². The van der Waals surface area contributed by atoms with E-state index in [2.05, 4.69) is 26.3 Å². The van der Waals surface area contributed by atoms with Crippen LogP contribution in [0.5, 0.6) is 0 Å². The standard InChI is InChI=1S/C12H15BrN4O2S/c1-8(9-6-15-17(2)7-9)16-12-4-3-10(5-11(12)13)20(14,18)19/h3-8,16H,1-2H3,(H2,14,18,19). The molecular formula is C12H15BrN4O2S. The Balaban J connectivity index is 2.22. The number of anilines is 1. The number of nitrogens with zero attached hydrogens (tertiary/aromatic N) is 2. The van der Waals surface area contributed by atoms with Gasteiger partial charge in [-0.1, -0.05) is 0 Å². The topological polar surface area (TPSA) is 90.0 Å². The third kappa shape index (κ3) is 3.38. The monoisotopic (exact) mass is 358 g/mol. The fourth-order valence-corrected chi connectivity index (χ4v) is 2.95. The fraction of sp³-hybridized carbons (Fsp3) is 0.250. The molecule has 0 fully saturated rings. The van der Waals surface area contributed by atoms with Crippen molar-refractivity contribution < 1.29 is 8.42 Å². The van der Waals surface area contributed by atoms with Crippen molar-refractivity contribution in [3.8, 4) is 0 Å². The zero-order chi connectivity index (χ0) is 14.9. The SMILES string of the molecule is CC(Nc1ccc(S(N)(=O)=O)cc1Br)c1cnn(C)c1. The van der Waals surface area contributed by atoms with Crippen LogP contribution in [0.1, 0.15) is 18.5 Å². The fourth-order valence-electron chi connectivity index (χ4n) is 1.77. The van der Waals surface area contributed by atoms with Gasteiger partial charge in [0.05, 0.1) is 17.1 Å². The van der Waals surface area contributed by atoms with Crippen molar-refractivity contribution in [1.82, 2.24) is 9.78 Å². The molecule has 6 nitrogen and oxygen atoms in total. The maximum Gasteiger partial charge on any atom is 0.238 e. The van der Waals surface area contributed by atoms with Gasteiger partial charge in [-0.05, 0) is 41.1 Å². The van der Waals surface area contributed by atoms with E-state index in [1.54, 1.807) is 16.9 Å². The molecule has 0 saturated heterocycles. The molecule has 0 saturated carbocycles. The molecule has 1 heterocycles. The summed E-state index contributed by atoms with van der Waals surface area (Å²) in [4.78, 5) is 0.0731. The highest BCUT2D eigenvalue weighted by molar-refractivity contribution is 9.10. The predicted molar refractivity (Wildman–Crippen MR) is 80.8 cm³/mol. The van der Waals surface area contributed by atoms with E-state index in [1.807, 2.05) is 20.2 Å². The van der Waals surface area contributed by atoms with E-state index < -0.39 is 10.0 Å². The molecule has 1 aromatic heterocycles. The molecule has 0 bridgehead atoms. The first-order valence-electron chi connectivity index (χ1n) is 5.85. The van der Waals surface area contributed by atoms with Gasteiger partial charge >= 0.3 is 0 Å². The van der Waals surface area contributed by atoms with Gasteiger partial charge < -0.3 is 5.32 Å². The largest absolute Gasteiger partial charge is 0.377 e. The maximum absolute atomic E-state index is 11.3. The molecule has 20 heavy (non-hydrogen) atoms. The molecular weight excluding hydrogens is 344 g/mol. The average Bonchev–Trinajstić information content (AvgIpc) is 2.77. The van der Waals surface area contributed by atoms with E-state index in [1.165, 1.54) is 12.1 Å². The Hall–Kier alpha value is -1.38. The Bertz CT molecular complexity index is 727. The van der Waals surface area contributed by atoms with E-state index in [9.17, 15) is 8.42 Å². The molecule has 0 aliphatic rings. The molecule has 1 atom stereocenters. The Morgan fingerprint density at radius 2 is 2.15 bits per heavy atom. The number of rotatable bonds is 4. The molecule has 108 valence electrons. The lowest BCUT2D eigenvalue weighted by molar-refractivity contribution is 0.598. The number of nitrogens with one attached hydrogen (secondary N) is 1. The molecule has 2 aromatic rings. The minimum atomic E-state index is -3.69. The summed E-state index contributed by atoms with van der Waals surface area (Å²) in [6.07, 6.45) is 3.70. The number of nitrogens with two attached hydrogens (primary N) is 1. The van der Waals surface area contributed by atoms with Crippen molar-refractivity contribution in [2.24, 2.45) is 12.2 Å². The Morgan fingerprint density at radius 3 is 2.65 bits per heavy atom. The Labute approximate surface area is 126 Å². The first-order valence-corrected chi connectivity index (χ1v) is 8.19. The highest BCUT2D eigenvalue weighted by atomic mass is 79.9. The van der Waals surface area contributed by atoms with Gasteiger partial charge in [-0.3, -0.25) is 4.68 Å². The van der Waals surface area contributed by atoms with Crippen LogP contribution in [0, 0.1) is 0 Å². The van der Waals surface area contributed by atoms with Crippen LogP contribution in [0.2, 0.25) is 0 Å². The van der Waals surface area contributed by atoms with Crippen molar-refractivity contribution in [2.75, 3.05) is 5.32 Å². The maximum atomic E-state index is 11.3. The molecule has 2 rings (SSSR count). The summed E-state index contributed by atoms with van der Waals surface area (Å²) in [7, 11) is -1.84. The zero-order valence-corrected chi connectivity index (χ0v) is 13.4. The quantitative estimate of drug-likeness (QED) is 0.874. The average molecular weight is 359 g/mol. The second-order valence-corrected chi connectivity index (χ2v) is 6.92. The van der Waals surface area contributed by atoms with Gasteiger partial charge in [0.15, 0.2) is 0 Å². The first kappa shape index (κ1) is 15.0.